The van der Waals surface area contributed by atoms with Crippen molar-refractivity contribution >= 4 is 0 Å². The van der Waals surface area contributed by atoms with Crippen molar-refractivity contribution < 1.29 is 14.2 Å². The van der Waals surface area contributed by atoms with Crippen LogP contribution in [0.4, 0.5) is 0 Å². The molecular weight excluding hydrogens is 196 g/mol. The molecule has 0 aliphatic carbocycles. The zero-order chi connectivity index (χ0) is 11.4. The Bertz CT molecular complexity index is 200. The van der Waals surface area contributed by atoms with Gasteiger partial charge in [-0.3, -0.25) is 4.85 Å². The van der Waals surface area contributed by atoms with Crippen molar-refractivity contribution in [2.75, 3.05) is 39.7 Å². The molecule has 0 aliphatic heterocycles. The van der Waals surface area contributed by atoms with Gasteiger partial charge in [0.05, 0.1) is 13.2 Å². The van der Waals surface area contributed by atoms with Gasteiger partial charge >= 0.3 is 6.73 Å². The van der Waals surface area contributed by atoms with Gasteiger partial charge in [-0.15, -0.1) is 0 Å². The lowest BCUT2D eigenvalue weighted by atomic mass is 10.4. The van der Waals surface area contributed by atoms with Crippen molar-refractivity contribution in [1.29, 1.82) is 0 Å². The number of hydrogen-bond donors (Lipinski definition) is 0. The first-order valence-electron chi connectivity index (χ1n) is 4.78. The van der Waals surface area contributed by atoms with Crippen molar-refractivity contribution in [3.63, 3.8) is 0 Å². The Hall–Kier alpha value is -1.14. The Morgan fingerprint density at radius 2 is 1.87 bits per heavy atom. The first-order valence-corrected chi connectivity index (χ1v) is 4.78. The van der Waals surface area contributed by atoms with E-state index in [4.69, 9.17) is 27.4 Å². The van der Waals surface area contributed by atoms with Gasteiger partial charge in [0, 0.05) is 6.61 Å². The van der Waals surface area contributed by atoms with Gasteiger partial charge in [-0.05, 0) is 6.92 Å². The highest BCUT2D eigenvalue weighted by molar-refractivity contribution is 4.61. The SMILES string of the molecule is [C-]#[N+]CCOC(COCC)COC[N+]#[C-]. The second kappa shape index (κ2) is 10.9. The molecule has 0 spiro atoms. The lowest BCUT2D eigenvalue weighted by Gasteiger charge is -2.14. The summed E-state index contributed by atoms with van der Waals surface area (Å²) in [5, 5.41) is 0. The zero-order valence-corrected chi connectivity index (χ0v) is 8.94. The van der Waals surface area contributed by atoms with Gasteiger partial charge in [0.15, 0.2) is 0 Å². The normalized spacial score (nSPS) is 11.7. The van der Waals surface area contributed by atoms with Crippen LogP contribution in [0.1, 0.15) is 6.92 Å². The van der Waals surface area contributed by atoms with E-state index >= 15 is 0 Å². The van der Waals surface area contributed by atoms with Crippen LogP contribution in [-0.4, -0.2) is 45.8 Å². The fourth-order valence-electron chi connectivity index (χ4n) is 0.888. The van der Waals surface area contributed by atoms with Crippen molar-refractivity contribution in [1.82, 2.24) is 0 Å². The topological polar surface area (TPSA) is 36.4 Å². The highest BCUT2D eigenvalue weighted by Crippen LogP contribution is 1.96. The van der Waals surface area contributed by atoms with E-state index in [9.17, 15) is 0 Å². The van der Waals surface area contributed by atoms with Crippen LogP contribution in [-0.2, 0) is 14.2 Å². The predicted octanol–water partition coefficient (Wildman–Crippen LogP) is 1.22. The number of rotatable bonds is 9. The maximum absolute atomic E-state index is 6.60. The molecule has 1 unspecified atom stereocenters. The Balaban J connectivity index is 3.64. The minimum absolute atomic E-state index is 0.0365. The Morgan fingerprint density at radius 3 is 2.47 bits per heavy atom. The molecular formula is C10H16N2O3. The van der Waals surface area contributed by atoms with Gasteiger partial charge in [-0.25, -0.2) is 13.1 Å². The van der Waals surface area contributed by atoms with Gasteiger partial charge in [0.2, 0.25) is 6.54 Å². The van der Waals surface area contributed by atoms with E-state index in [0.717, 1.165) is 0 Å². The van der Waals surface area contributed by atoms with Gasteiger partial charge in [0.1, 0.15) is 12.7 Å². The molecule has 5 heteroatoms. The molecule has 0 saturated heterocycles. The van der Waals surface area contributed by atoms with E-state index in [0.29, 0.717) is 33.0 Å². The summed E-state index contributed by atoms with van der Waals surface area (Å²) in [7, 11) is 0. The molecule has 0 saturated carbocycles. The monoisotopic (exact) mass is 212 g/mol. The molecule has 0 N–H and O–H groups in total. The summed E-state index contributed by atoms with van der Waals surface area (Å²) in [6.07, 6.45) is -0.187. The first-order chi connectivity index (χ1) is 7.35. The van der Waals surface area contributed by atoms with Gasteiger partial charge < -0.3 is 19.1 Å². The van der Waals surface area contributed by atoms with E-state index in [2.05, 4.69) is 9.69 Å². The highest BCUT2D eigenvalue weighted by Gasteiger charge is 2.10. The van der Waals surface area contributed by atoms with Crippen molar-refractivity contribution in [2.24, 2.45) is 0 Å². The van der Waals surface area contributed by atoms with Gasteiger partial charge in [-0.2, -0.15) is 0 Å². The zero-order valence-electron chi connectivity index (χ0n) is 8.94. The maximum atomic E-state index is 6.60. The first kappa shape index (κ1) is 13.9. The minimum atomic E-state index is -0.187. The van der Waals surface area contributed by atoms with Crippen LogP contribution in [0.5, 0.6) is 0 Å². The van der Waals surface area contributed by atoms with Crippen molar-refractivity contribution in [2.45, 2.75) is 13.0 Å². The maximum Gasteiger partial charge on any atom is 0.318 e. The minimum Gasteiger partial charge on any atom is -0.379 e. The summed E-state index contributed by atoms with van der Waals surface area (Å²) >= 11 is 0. The van der Waals surface area contributed by atoms with Crippen LogP contribution < -0.4 is 0 Å². The average Bonchev–Trinajstić information content (AvgIpc) is 2.25. The lowest BCUT2D eigenvalue weighted by Crippen LogP contribution is -2.26. The number of ether oxygens (including phenoxy) is 3. The number of hydrogen-bond acceptors (Lipinski definition) is 3. The molecule has 0 aromatic rings. The highest BCUT2D eigenvalue weighted by atomic mass is 16.6. The largest absolute Gasteiger partial charge is 0.379 e. The summed E-state index contributed by atoms with van der Waals surface area (Å²) in [6.45, 7) is 17.2. The molecule has 1 atom stereocenters. The molecule has 0 aliphatic rings. The molecule has 0 aromatic heterocycles. The van der Waals surface area contributed by atoms with E-state index < -0.39 is 0 Å². The third-order valence-electron chi connectivity index (χ3n) is 1.52. The Morgan fingerprint density at radius 1 is 1.13 bits per heavy atom. The van der Waals surface area contributed by atoms with Crippen LogP contribution in [0.15, 0.2) is 0 Å². The van der Waals surface area contributed by atoms with Crippen LogP contribution in [0.2, 0.25) is 0 Å². The average molecular weight is 212 g/mol. The summed E-state index contributed by atoms with van der Waals surface area (Å²) in [6, 6.07) is 0. The molecule has 0 radical (unpaired) electrons. The van der Waals surface area contributed by atoms with E-state index in [1.165, 1.54) is 0 Å². The predicted molar refractivity (Wildman–Crippen MR) is 55.1 cm³/mol. The summed E-state index contributed by atoms with van der Waals surface area (Å²) < 4.78 is 15.6. The van der Waals surface area contributed by atoms with Gasteiger partial charge in [-0.1, -0.05) is 0 Å². The number of nitrogens with zero attached hydrogens (tertiary/aromatic N) is 2. The molecule has 0 rings (SSSR count). The summed E-state index contributed by atoms with van der Waals surface area (Å²) in [4.78, 5) is 6.25. The van der Waals surface area contributed by atoms with Crippen molar-refractivity contribution in [3.05, 3.63) is 22.8 Å². The van der Waals surface area contributed by atoms with Gasteiger partial charge in [0.25, 0.3) is 0 Å². The fourth-order valence-corrected chi connectivity index (χ4v) is 0.888. The van der Waals surface area contributed by atoms with Crippen LogP contribution in [0, 0.1) is 13.1 Å². The van der Waals surface area contributed by atoms with E-state index in [1.807, 2.05) is 6.92 Å². The summed E-state index contributed by atoms with van der Waals surface area (Å²) in [5.41, 5.74) is 0. The Kier molecular flexibility index (Phi) is 10.1. The fraction of sp³-hybridized carbons (Fsp3) is 0.800. The molecule has 0 bridgehead atoms. The summed E-state index contributed by atoms with van der Waals surface area (Å²) in [5.74, 6) is 0. The lowest BCUT2D eigenvalue weighted by molar-refractivity contribution is -0.0507. The van der Waals surface area contributed by atoms with Crippen molar-refractivity contribution in [3.8, 4) is 0 Å². The molecule has 0 fully saturated rings. The van der Waals surface area contributed by atoms with E-state index in [1.54, 1.807) is 0 Å². The molecule has 0 aromatic carbocycles. The van der Waals surface area contributed by atoms with Crippen LogP contribution in [0.3, 0.4) is 0 Å². The quantitative estimate of drug-likeness (QED) is 0.426. The third kappa shape index (κ3) is 9.17. The van der Waals surface area contributed by atoms with E-state index in [-0.39, 0.29) is 12.8 Å². The molecule has 0 amide bonds. The molecule has 5 nitrogen and oxygen atoms in total. The van der Waals surface area contributed by atoms with Crippen LogP contribution >= 0.6 is 0 Å². The molecule has 15 heavy (non-hydrogen) atoms. The van der Waals surface area contributed by atoms with Crippen LogP contribution in [0.25, 0.3) is 9.69 Å². The molecule has 0 heterocycles. The second-order valence-corrected chi connectivity index (χ2v) is 2.69. The third-order valence-corrected chi connectivity index (χ3v) is 1.52. The standard InChI is InChI=1S/C10H16N2O3/c1-4-13-7-10(8-14-9-12-3)15-6-5-11-2/h10H,4-9H2,1H3. The second-order valence-electron chi connectivity index (χ2n) is 2.69. The Labute approximate surface area is 90.6 Å². The smallest absolute Gasteiger partial charge is 0.318 e. The molecule has 84 valence electrons.